The van der Waals surface area contributed by atoms with E-state index >= 15 is 0 Å². The fourth-order valence-corrected chi connectivity index (χ4v) is 3.44. The van der Waals surface area contributed by atoms with Crippen molar-refractivity contribution in [2.24, 2.45) is 0 Å². The van der Waals surface area contributed by atoms with Crippen LogP contribution in [0, 0.1) is 0 Å². The van der Waals surface area contributed by atoms with Crippen molar-refractivity contribution in [1.82, 2.24) is 14.7 Å². The lowest BCUT2D eigenvalue weighted by molar-refractivity contribution is 0.123. The number of hydrogen-bond donors (Lipinski definition) is 1. The summed E-state index contributed by atoms with van der Waals surface area (Å²) in [5.74, 6) is 0.173. The summed E-state index contributed by atoms with van der Waals surface area (Å²) < 4.78 is 2.80. The average Bonchev–Trinajstić information content (AvgIpc) is 2.79. The summed E-state index contributed by atoms with van der Waals surface area (Å²) in [6.07, 6.45) is 2.19. The molecular weight excluding hydrogens is 330 g/mol. The number of halogens is 1. The second-order valence-electron chi connectivity index (χ2n) is 5.86. The summed E-state index contributed by atoms with van der Waals surface area (Å²) in [6.45, 7) is 1.68. The maximum absolute atomic E-state index is 10.8. The molecule has 112 valence electrons. The van der Waals surface area contributed by atoms with E-state index in [2.05, 4.69) is 44.1 Å². The van der Waals surface area contributed by atoms with Crippen molar-refractivity contribution in [3.63, 3.8) is 0 Å². The van der Waals surface area contributed by atoms with Crippen LogP contribution in [0.1, 0.15) is 28.8 Å². The topological polar surface area (TPSA) is 41.3 Å². The van der Waals surface area contributed by atoms with Gasteiger partial charge in [0.05, 0.1) is 22.9 Å². The molecule has 2 aromatic rings. The molecule has 1 aliphatic rings. The van der Waals surface area contributed by atoms with Gasteiger partial charge in [-0.25, -0.2) is 0 Å². The molecule has 0 bridgehead atoms. The molecule has 21 heavy (non-hydrogen) atoms. The van der Waals surface area contributed by atoms with Gasteiger partial charge in [-0.05, 0) is 47.6 Å². The van der Waals surface area contributed by atoms with Crippen LogP contribution in [-0.4, -0.2) is 40.4 Å². The predicted molar refractivity (Wildman–Crippen MR) is 86.3 cm³/mol. The Kier molecular flexibility index (Phi) is 4.15. The number of hydrogen-bond acceptors (Lipinski definition) is 3. The van der Waals surface area contributed by atoms with Crippen LogP contribution in [0.3, 0.4) is 0 Å². The summed E-state index contributed by atoms with van der Waals surface area (Å²) in [6, 6.07) is 8.34. The molecule has 0 saturated carbocycles. The van der Waals surface area contributed by atoms with Crippen LogP contribution in [-0.2, 0) is 13.0 Å². The van der Waals surface area contributed by atoms with Crippen molar-refractivity contribution >= 4 is 15.9 Å². The number of nitrogens with zero attached hydrogens (tertiary/aromatic N) is 3. The van der Waals surface area contributed by atoms with Crippen LogP contribution in [0.15, 0.2) is 34.9 Å². The van der Waals surface area contributed by atoms with Crippen LogP contribution in [0.25, 0.3) is 0 Å². The van der Waals surface area contributed by atoms with Crippen molar-refractivity contribution in [2.75, 3.05) is 20.6 Å². The van der Waals surface area contributed by atoms with Gasteiger partial charge in [-0.1, -0.05) is 24.3 Å². The van der Waals surface area contributed by atoms with Gasteiger partial charge >= 0.3 is 0 Å². The number of aromatic nitrogens is 2. The smallest absolute Gasteiger partial charge is 0.104 e. The maximum Gasteiger partial charge on any atom is 0.104 e. The Hall–Kier alpha value is -1.17. The van der Waals surface area contributed by atoms with E-state index in [-0.39, 0.29) is 5.92 Å². The third-order valence-corrected chi connectivity index (χ3v) is 4.76. The van der Waals surface area contributed by atoms with Crippen LogP contribution in [0.4, 0.5) is 0 Å². The highest BCUT2D eigenvalue weighted by Crippen LogP contribution is 2.44. The molecule has 0 fully saturated rings. The Bertz CT molecular complexity index is 638. The van der Waals surface area contributed by atoms with Crippen molar-refractivity contribution in [2.45, 2.75) is 25.0 Å². The van der Waals surface area contributed by atoms with Crippen molar-refractivity contribution < 1.29 is 5.11 Å². The number of aliphatic hydroxyl groups excluding tert-OH is 1. The molecule has 4 nitrogen and oxygen atoms in total. The zero-order valence-electron chi connectivity index (χ0n) is 12.3. The summed E-state index contributed by atoms with van der Waals surface area (Å²) in [5, 5.41) is 15.2. The Balaban J connectivity index is 1.82. The molecule has 2 atom stereocenters. The van der Waals surface area contributed by atoms with Crippen LogP contribution >= 0.6 is 15.9 Å². The lowest BCUT2D eigenvalue weighted by Gasteiger charge is -2.34. The van der Waals surface area contributed by atoms with E-state index < -0.39 is 6.10 Å². The standard InChI is InChI=1S/C16H20BrN3O/c1-19(2)7-8-20-15(14(17)10-18-20)16(21)13-9-11-5-3-4-6-12(11)13/h3-6,10,13,16,21H,7-9H2,1-2H3. The van der Waals surface area contributed by atoms with Gasteiger partial charge in [-0.15, -0.1) is 0 Å². The van der Waals surface area contributed by atoms with Crippen LogP contribution in [0.5, 0.6) is 0 Å². The molecule has 0 spiro atoms. The minimum Gasteiger partial charge on any atom is -0.386 e. The number of rotatable bonds is 5. The fourth-order valence-electron chi connectivity index (χ4n) is 2.91. The zero-order chi connectivity index (χ0) is 15.0. The quantitative estimate of drug-likeness (QED) is 0.901. The molecule has 2 unspecified atom stereocenters. The molecule has 5 heteroatoms. The number of fused-ring (bicyclic) bond motifs is 1. The van der Waals surface area contributed by atoms with Gasteiger partial charge in [-0.3, -0.25) is 4.68 Å². The van der Waals surface area contributed by atoms with Gasteiger partial charge < -0.3 is 10.0 Å². The van der Waals surface area contributed by atoms with E-state index in [0.29, 0.717) is 0 Å². The Morgan fingerprint density at radius 1 is 1.43 bits per heavy atom. The largest absolute Gasteiger partial charge is 0.386 e. The first kappa shape index (κ1) is 14.8. The van der Waals surface area contributed by atoms with E-state index in [4.69, 9.17) is 0 Å². The highest BCUT2D eigenvalue weighted by Gasteiger charge is 2.35. The number of benzene rings is 1. The molecular formula is C16H20BrN3O. The first-order valence-electron chi connectivity index (χ1n) is 7.19. The Morgan fingerprint density at radius 2 is 2.19 bits per heavy atom. The second kappa shape index (κ2) is 5.91. The molecule has 0 aliphatic heterocycles. The number of aliphatic hydroxyl groups is 1. The van der Waals surface area contributed by atoms with Gasteiger partial charge in [0, 0.05) is 12.5 Å². The van der Waals surface area contributed by atoms with Crippen molar-refractivity contribution in [3.05, 3.63) is 51.8 Å². The summed E-state index contributed by atoms with van der Waals surface area (Å²) >= 11 is 3.53. The van der Waals surface area contributed by atoms with Crippen molar-refractivity contribution in [1.29, 1.82) is 0 Å². The third kappa shape index (κ3) is 2.78. The van der Waals surface area contributed by atoms with Crippen LogP contribution < -0.4 is 0 Å². The van der Waals surface area contributed by atoms with E-state index in [1.807, 2.05) is 24.8 Å². The SMILES string of the molecule is CN(C)CCn1ncc(Br)c1C(O)C1Cc2ccccc21. The summed E-state index contributed by atoms with van der Waals surface area (Å²) in [4.78, 5) is 2.12. The van der Waals surface area contributed by atoms with Gasteiger partial charge in [0.2, 0.25) is 0 Å². The van der Waals surface area contributed by atoms with Crippen LogP contribution in [0.2, 0.25) is 0 Å². The molecule has 1 heterocycles. The molecule has 3 rings (SSSR count). The van der Waals surface area contributed by atoms with E-state index in [9.17, 15) is 5.11 Å². The molecule has 0 radical (unpaired) electrons. The third-order valence-electron chi connectivity index (χ3n) is 4.15. The van der Waals surface area contributed by atoms with E-state index in [1.165, 1.54) is 11.1 Å². The molecule has 1 aromatic heterocycles. The lowest BCUT2D eigenvalue weighted by Crippen LogP contribution is -2.27. The second-order valence-corrected chi connectivity index (χ2v) is 6.71. The van der Waals surface area contributed by atoms with Gasteiger partial charge in [-0.2, -0.15) is 5.10 Å². The Labute approximate surface area is 133 Å². The normalized spacial score (nSPS) is 18.4. The van der Waals surface area contributed by atoms with Gasteiger partial charge in [0.25, 0.3) is 0 Å². The monoisotopic (exact) mass is 349 g/mol. The predicted octanol–water partition coefficient (Wildman–Crippen LogP) is 2.58. The molecule has 1 N–H and O–H groups in total. The first-order chi connectivity index (χ1) is 10.1. The average molecular weight is 350 g/mol. The van der Waals surface area contributed by atoms with Gasteiger partial charge in [0.1, 0.15) is 6.10 Å². The summed E-state index contributed by atoms with van der Waals surface area (Å²) in [7, 11) is 4.08. The number of likely N-dealkylation sites (N-methyl/N-ethyl adjacent to an activating group) is 1. The fraction of sp³-hybridized carbons (Fsp3) is 0.438. The highest BCUT2D eigenvalue weighted by atomic mass is 79.9. The molecule has 1 aromatic carbocycles. The Morgan fingerprint density at radius 3 is 2.90 bits per heavy atom. The zero-order valence-corrected chi connectivity index (χ0v) is 13.9. The lowest BCUT2D eigenvalue weighted by atomic mass is 9.74. The summed E-state index contributed by atoms with van der Waals surface area (Å²) in [5.41, 5.74) is 3.49. The molecule has 1 aliphatic carbocycles. The van der Waals surface area contributed by atoms with Gasteiger partial charge in [0.15, 0.2) is 0 Å². The first-order valence-corrected chi connectivity index (χ1v) is 7.99. The minimum absolute atomic E-state index is 0.173. The minimum atomic E-state index is -0.515. The maximum atomic E-state index is 10.8. The van der Waals surface area contributed by atoms with E-state index in [0.717, 1.165) is 29.7 Å². The molecule has 0 saturated heterocycles. The highest BCUT2D eigenvalue weighted by molar-refractivity contribution is 9.10. The van der Waals surface area contributed by atoms with Crippen molar-refractivity contribution in [3.8, 4) is 0 Å². The van der Waals surface area contributed by atoms with E-state index in [1.54, 1.807) is 6.20 Å². The molecule has 0 amide bonds.